The van der Waals surface area contributed by atoms with E-state index in [4.69, 9.17) is 4.74 Å². The van der Waals surface area contributed by atoms with Gasteiger partial charge in [-0.25, -0.2) is 0 Å². The summed E-state index contributed by atoms with van der Waals surface area (Å²) in [4.78, 5) is 28.5. The average molecular weight is 313 g/mol. The van der Waals surface area contributed by atoms with Crippen LogP contribution in [-0.4, -0.2) is 42.5 Å². The number of hydrogen-bond acceptors (Lipinski definition) is 4. The van der Waals surface area contributed by atoms with Crippen molar-refractivity contribution in [3.63, 3.8) is 0 Å². The van der Waals surface area contributed by atoms with Gasteiger partial charge in [-0.05, 0) is 5.56 Å². The van der Waals surface area contributed by atoms with Gasteiger partial charge in [0, 0.05) is 37.9 Å². The van der Waals surface area contributed by atoms with Crippen LogP contribution >= 0.6 is 0 Å². The third kappa shape index (κ3) is 3.27. The number of aromatic amines is 1. The van der Waals surface area contributed by atoms with Crippen LogP contribution in [0.4, 0.5) is 0 Å². The Morgan fingerprint density at radius 2 is 2.09 bits per heavy atom. The molecule has 3 rings (SSSR count). The van der Waals surface area contributed by atoms with Gasteiger partial charge in [-0.15, -0.1) is 0 Å². The second kappa shape index (κ2) is 6.66. The lowest BCUT2D eigenvalue weighted by Gasteiger charge is -2.34. The number of H-pyrrole nitrogens is 1. The zero-order chi connectivity index (χ0) is 16.2. The van der Waals surface area contributed by atoms with Crippen LogP contribution in [0.3, 0.4) is 0 Å². The zero-order valence-corrected chi connectivity index (χ0v) is 12.9. The fourth-order valence-electron chi connectivity index (χ4n) is 2.80. The van der Waals surface area contributed by atoms with Crippen molar-refractivity contribution in [3.8, 4) is 5.75 Å². The number of nitrogens with one attached hydrogen (secondary N) is 2. The molecule has 0 aliphatic carbocycles. The largest absolute Gasteiger partial charge is 0.496 e. The van der Waals surface area contributed by atoms with Crippen molar-refractivity contribution in [2.45, 2.75) is 6.04 Å². The number of ether oxygens (including phenoxy) is 1. The molecule has 1 saturated heterocycles. The number of rotatable bonds is 3. The number of carbonyl (C=O) groups is 1. The molecule has 1 atom stereocenters. The van der Waals surface area contributed by atoms with Gasteiger partial charge in [-0.2, -0.15) is 0 Å². The number of benzene rings is 1. The molecule has 1 amide bonds. The highest BCUT2D eigenvalue weighted by Gasteiger charge is 2.26. The Morgan fingerprint density at radius 1 is 1.30 bits per heavy atom. The summed E-state index contributed by atoms with van der Waals surface area (Å²) < 4.78 is 5.17. The molecule has 1 unspecified atom stereocenters. The Hall–Kier alpha value is -2.60. The van der Waals surface area contributed by atoms with Crippen molar-refractivity contribution >= 4 is 5.91 Å². The number of aromatic nitrogens is 1. The van der Waals surface area contributed by atoms with E-state index in [0.717, 1.165) is 12.1 Å². The van der Waals surface area contributed by atoms with E-state index in [1.54, 1.807) is 4.90 Å². The average Bonchev–Trinajstić information content (AvgIpc) is 2.62. The molecule has 6 nitrogen and oxygen atoms in total. The van der Waals surface area contributed by atoms with Crippen LogP contribution in [0, 0.1) is 0 Å². The number of carbonyl (C=O) groups excluding carboxylic acids is 1. The van der Waals surface area contributed by atoms with Gasteiger partial charge in [0.05, 0.1) is 12.7 Å². The molecule has 2 N–H and O–H groups in total. The highest BCUT2D eigenvalue weighted by atomic mass is 16.5. The monoisotopic (exact) mass is 313 g/mol. The van der Waals surface area contributed by atoms with Gasteiger partial charge in [-0.1, -0.05) is 30.3 Å². The Balaban J connectivity index is 1.81. The van der Waals surface area contributed by atoms with Crippen LogP contribution < -0.4 is 15.6 Å². The molecule has 0 radical (unpaired) electrons. The molecule has 23 heavy (non-hydrogen) atoms. The first-order chi connectivity index (χ1) is 11.2. The van der Waals surface area contributed by atoms with Crippen molar-refractivity contribution in [2.75, 3.05) is 26.7 Å². The Bertz CT molecular complexity index is 742. The van der Waals surface area contributed by atoms with Gasteiger partial charge < -0.3 is 19.9 Å². The number of methoxy groups -OCH3 is 1. The molecule has 1 aromatic heterocycles. The molecule has 2 aromatic rings. The lowest BCUT2D eigenvalue weighted by molar-refractivity contribution is 0.0699. The Kier molecular flexibility index (Phi) is 4.43. The number of hydrogen-bond donors (Lipinski definition) is 2. The van der Waals surface area contributed by atoms with Crippen LogP contribution in [0.1, 0.15) is 22.0 Å². The summed E-state index contributed by atoms with van der Waals surface area (Å²) in [6.07, 6.45) is 1.42. The van der Waals surface area contributed by atoms with Crippen molar-refractivity contribution in [1.29, 1.82) is 0 Å². The van der Waals surface area contributed by atoms with Crippen LogP contribution in [-0.2, 0) is 0 Å². The summed E-state index contributed by atoms with van der Waals surface area (Å²) in [6.45, 7) is 1.91. The maximum atomic E-state index is 12.8. The minimum absolute atomic E-state index is 0.0997. The quantitative estimate of drug-likeness (QED) is 0.892. The van der Waals surface area contributed by atoms with Gasteiger partial charge in [0.2, 0.25) is 0 Å². The molecule has 0 spiro atoms. The van der Waals surface area contributed by atoms with E-state index in [2.05, 4.69) is 10.3 Å². The zero-order valence-electron chi connectivity index (χ0n) is 12.9. The summed E-state index contributed by atoms with van der Waals surface area (Å²) in [5.41, 5.74) is 1.24. The minimum atomic E-state index is -0.291. The summed E-state index contributed by atoms with van der Waals surface area (Å²) in [7, 11) is 1.45. The van der Waals surface area contributed by atoms with Gasteiger partial charge in [0.15, 0.2) is 0 Å². The molecular formula is C17H19N3O3. The van der Waals surface area contributed by atoms with E-state index in [1.807, 2.05) is 30.3 Å². The first-order valence-electron chi connectivity index (χ1n) is 7.53. The second-order valence-corrected chi connectivity index (χ2v) is 5.45. The predicted molar refractivity (Wildman–Crippen MR) is 86.7 cm³/mol. The fourth-order valence-corrected chi connectivity index (χ4v) is 2.80. The predicted octanol–water partition coefficient (Wildman–Crippen LogP) is 1.17. The van der Waals surface area contributed by atoms with Crippen molar-refractivity contribution < 1.29 is 9.53 Å². The summed E-state index contributed by atoms with van der Waals surface area (Å²) in [5.74, 6) is 0.161. The SMILES string of the molecule is COc1cc(=O)[nH]cc1C(=O)N1CCNC(c2ccccc2)C1. The van der Waals surface area contributed by atoms with E-state index in [0.29, 0.717) is 24.4 Å². The van der Waals surface area contributed by atoms with Crippen molar-refractivity contribution in [2.24, 2.45) is 0 Å². The number of amides is 1. The van der Waals surface area contributed by atoms with Gasteiger partial charge in [0.1, 0.15) is 5.75 Å². The number of nitrogens with zero attached hydrogens (tertiary/aromatic N) is 1. The lowest BCUT2D eigenvalue weighted by atomic mass is 10.0. The molecule has 1 fully saturated rings. The van der Waals surface area contributed by atoms with E-state index < -0.39 is 0 Å². The third-order valence-electron chi connectivity index (χ3n) is 4.00. The van der Waals surface area contributed by atoms with Crippen molar-refractivity contribution in [1.82, 2.24) is 15.2 Å². The molecule has 0 bridgehead atoms. The van der Waals surface area contributed by atoms with E-state index in [9.17, 15) is 9.59 Å². The third-order valence-corrected chi connectivity index (χ3v) is 4.00. The maximum Gasteiger partial charge on any atom is 0.259 e. The van der Waals surface area contributed by atoms with Gasteiger partial charge >= 0.3 is 0 Å². The second-order valence-electron chi connectivity index (χ2n) is 5.45. The van der Waals surface area contributed by atoms with E-state index in [-0.39, 0.29) is 17.5 Å². The maximum absolute atomic E-state index is 12.8. The number of piperazine rings is 1. The first-order valence-corrected chi connectivity index (χ1v) is 7.53. The standard InChI is InChI=1S/C17H19N3O3/c1-23-15-9-16(21)19-10-13(15)17(22)20-8-7-18-14(11-20)12-5-3-2-4-6-12/h2-6,9-10,14,18H,7-8,11H2,1H3,(H,19,21). The van der Waals surface area contributed by atoms with Crippen molar-refractivity contribution in [3.05, 3.63) is 64.1 Å². The molecule has 120 valence electrons. The van der Waals surface area contributed by atoms with Crippen LogP contribution in [0.5, 0.6) is 5.75 Å². The van der Waals surface area contributed by atoms with Crippen LogP contribution in [0.15, 0.2) is 47.4 Å². The smallest absolute Gasteiger partial charge is 0.259 e. The number of pyridine rings is 1. The van der Waals surface area contributed by atoms with Crippen LogP contribution in [0.2, 0.25) is 0 Å². The molecule has 0 saturated carbocycles. The van der Waals surface area contributed by atoms with Gasteiger partial charge in [0.25, 0.3) is 11.5 Å². The summed E-state index contributed by atoms with van der Waals surface area (Å²) in [5, 5.41) is 3.43. The Morgan fingerprint density at radius 3 is 2.83 bits per heavy atom. The van der Waals surface area contributed by atoms with E-state index in [1.165, 1.54) is 19.4 Å². The molecule has 1 aromatic carbocycles. The fraction of sp³-hybridized carbons (Fsp3) is 0.294. The summed E-state index contributed by atoms with van der Waals surface area (Å²) >= 11 is 0. The highest BCUT2D eigenvalue weighted by molar-refractivity contribution is 5.96. The topological polar surface area (TPSA) is 74.4 Å². The van der Waals surface area contributed by atoms with E-state index >= 15 is 0 Å². The molecule has 1 aliphatic heterocycles. The Labute approximate surface area is 134 Å². The van der Waals surface area contributed by atoms with Crippen LogP contribution in [0.25, 0.3) is 0 Å². The summed E-state index contributed by atoms with van der Waals surface area (Å²) in [6, 6.07) is 11.4. The molecule has 2 heterocycles. The highest BCUT2D eigenvalue weighted by Crippen LogP contribution is 2.21. The minimum Gasteiger partial charge on any atom is -0.496 e. The van der Waals surface area contributed by atoms with Gasteiger partial charge in [-0.3, -0.25) is 9.59 Å². The lowest BCUT2D eigenvalue weighted by Crippen LogP contribution is -2.48. The molecule has 1 aliphatic rings. The molecule has 6 heteroatoms. The first kappa shape index (κ1) is 15.3. The molecular weight excluding hydrogens is 294 g/mol. The normalized spacial score (nSPS) is 17.8.